The van der Waals surface area contributed by atoms with E-state index in [2.05, 4.69) is 42.9 Å². The molecule has 0 aromatic carbocycles. The third-order valence-electron chi connectivity index (χ3n) is 4.73. The minimum atomic E-state index is -0.302. The van der Waals surface area contributed by atoms with Gasteiger partial charge in [0.15, 0.2) is 5.16 Å². The molecule has 172 valence electrons. The Hall–Kier alpha value is -3.03. The summed E-state index contributed by atoms with van der Waals surface area (Å²) in [6.07, 6.45) is 0. The van der Waals surface area contributed by atoms with Crippen LogP contribution in [0.3, 0.4) is 0 Å². The number of quaternary nitrogens is 1. The number of hydrogen-bond acceptors (Lipinski definition) is 10. The molecule has 0 spiro atoms. The van der Waals surface area contributed by atoms with Gasteiger partial charge in [-0.2, -0.15) is 0 Å². The van der Waals surface area contributed by atoms with Crippen molar-refractivity contribution in [1.82, 2.24) is 29.7 Å². The van der Waals surface area contributed by atoms with Crippen LogP contribution in [-0.4, -0.2) is 79.2 Å². The quantitative estimate of drug-likeness (QED) is 0.400. The lowest BCUT2D eigenvalue weighted by atomic mass is 10.3. The van der Waals surface area contributed by atoms with Gasteiger partial charge < -0.3 is 25.4 Å². The Kier molecular flexibility index (Phi) is 7.43. The van der Waals surface area contributed by atoms with E-state index in [0.29, 0.717) is 27.1 Å². The first-order chi connectivity index (χ1) is 15.2. The third kappa shape index (κ3) is 5.60. The summed E-state index contributed by atoms with van der Waals surface area (Å²) in [4.78, 5) is 41.5. The molecule has 0 radical (unpaired) electrons. The molecular formula is C19H27N8O4S+. The van der Waals surface area contributed by atoms with Crippen molar-refractivity contribution in [3.63, 3.8) is 0 Å². The SMILES string of the molecule is COc1nc([N+]2(C)CCNCC2)nc(OC)c1Sc1nc(NC(C)=O)cc(NC(C)=O)n1. The number of amides is 2. The zero-order valence-corrected chi connectivity index (χ0v) is 19.5. The Morgan fingerprint density at radius 1 is 0.969 bits per heavy atom. The topological polar surface area (TPSA) is 140 Å². The first kappa shape index (κ1) is 23.6. The number of carbonyl (C=O) groups is 2. The van der Waals surface area contributed by atoms with Gasteiger partial charge in [-0.1, -0.05) is 0 Å². The van der Waals surface area contributed by atoms with Crippen molar-refractivity contribution in [2.45, 2.75) is 23.9 Å². The molecule has 0 bridgehead atoms. The van der Waals surface area contributed by atoms with Gasteiger partial charge in [-0.3, -0.25) is 14.1 Å². The number of likely N-dealkylation sites (N-methyl/N-ethyl adjacent to an activating group) is 1. The molecule has 1 aliphatic rings. The molecule has 0 aliphatic carbocycles. The smallest absolute Gasteiger partial charge is 0.335 e. The van der Waals surface area contributed by atoms with Gasteiger partial charge in [0.2, 0.25) is 23.6 Å². The molecule has 1 fully saturated rings. The normalized spacial score (nSPS) is 15.0. The van der Waals surface area contributed by atoms with Crippen LogP contribution >= 0.6 is 11.8 Å². The molecule has 1 aliphatic heterocycles. The average Bonchev–Trinajstić information content (AvgIpc) is 2.73. The van der Waals surface area contributed by atoms with E-state index in [9.17, 15) is 9.59 Å². The monoisotopic (exact) mass is 463 g/mol. The van der Waals surface area contributed by atoms with Gasteiger partial charge in [0.25, 0.3) is 0 Å². The number of rotatable bonds is 7. The van der Waals surface area contributed by atoms with Crippen molar-refractivity contribution in [3.8, 4) is 11.8 Å². The second-order valence-electron chi connectivity index (χ2n) is 7.35. The molecule has 3 rings (SSSR count). The van der Waals surface area contributed by atoms with Crippen molar-refractivity contribution >= 4 is 41.2 Å². The predicted molar refractivity (Wildman–Crippen MR) is 120 cm³/mol. The second kappa shape index (κ2) is 10.1. The molecule has 0 saturated carbocycles. The van der Waals surface area contributed by atoms with Crippen LogP contribution in [0.5, 0.6) is 11.8 Å². The van der Waals surface area contributed by atoms with E-state index in [1.54, 1.807) is 0 Å². The number of nitrogens with zero attached hydrogens (tertiary/aromatic N) is 5. The molecule has 0 unspecified atom stereocenters. The van der Waals surface area contributed by atoms with Crippen LogP contribution in [-0.2, 0) is 9.59 Å². The summed E-state index contributed by atoms with van der Waals surface area (Å²) in [6.45, 7) is 6.12. The molecule has 3 heterocycles. The fraction of sp³-hybridized carbons (Fsp3) is 0.474. The summed E-state index contributed by atoms with van der Waals surface area (Å²) in [5.74, 6) is 1.12. The molecule has 2 aromatic rings. The number of carbonyl (C=O) groups excluding carboxylic acids is 2. The van der Waals surface area contributed by atoms with E-state index in [0.717, 1.165) is 37.9 Å². The molecular weight excluding hydrogens is 436 g/mol. The van der Waals surface area contributed by atoms with Crippen LogP contribution in [0.25, 0.3) is 0 Å². The van der Waals surface area contributed by atoms with E-state index in [1.807, 2.05) is 0 Å². The highest BCUT2D eigenvalue weighted by Crippen LogP contribution is 2.40. The first-order valence-electron chi connectivity index (χ1n) is 9.92. The number of methoxy groups -OCH3 is 2. The van der Waals surface area contributed by atoms with E-state index >= 15 is 0 Å². The lowest BCUT2D eigenvalue weighted by Gasteiger charge is -2.35. The number of anilines is 2. The fourth-order valence-electron chi connectivity index (χ4n) is 3.14. The number of ether oxygens (including phenoxy) is 2. The minimum Gasteiger partial charge on any atom is -0.480 e. The van der Waals surface area contributed by atoms with Gasteiger partial charge in [0, 0.05) is 33.0 Å². The van der Waals surface area contributed by atoms with Gasteiger partial charge in [0.1, 0.15) is 16.5 Å². The summed E-state index contributed by atoms with van der Waals surface area (Å²) in [7, 11) is 5.11. The van der Waals surface area contributed by atoms with Crippen molar-refractivity contribution in [2.24, 2.45) is 0 Å². The Morgan fingerprint density at radius 3 is 1.91 bits per heavy atom. The second-order valence-corrected chi connectivity index (χ2v) is 8.33. The number of piperazine rings is 1. The summed E-state index contributed by atoms with van der Waals surface area (Å²) in [6, 6.07) is 1.47. The average molecular weight is 464 g/mol. The maximum absolute atomic E-state index is 11.5. The third-order valence-corrected chi connectivity index (χ3v) is 5.65. The van der Waals surface area contributed by atoms with Crippen LogP contribution in [0, 0.1) is 0 Å². The highest BCUT2D eigenvalue weighted by atomic mass is 32.2. The van der Waals surface area contributed by atoms with Crippen molar-refractivity contribution < 1.29 is 19.1 Å². The molecule has 32 heavy (non-hydrogen) atoms. The van der Waals surface area contributed by atoms with Gasteiger partial charge >= 0.3 is 5.95 Å². The van der Waals surface area contributed by atoms with Crippen LogP contribution in [0.15, 0.2) is 16.1 Å². The lowest BCUT2D eigenvalue weighted by molar-refractivity contribution is -0.115. The van der Waals surface area contributed by atoms with Crippen molar-refractivity contribution in [2.75, 3.05) is 58.1 Å². The van der Waals surface area contributed by atoms with E-state index < -0.39 is 0 Å². The van der Waals surface area contributed by atoms with E-state index in [-0.39, 0.29) is 28.6 Å². The number of nitrogens with one attached hydrogen (secondary N) is 3. The van der Waals surface area contributed by atoms with Crippen LogP contribution in [0.4, 0.5) is 17.6 Å². The van der Waals surface area contributed by atoms with Crippen LogP contribution in [0.1, 0.15) is 13.8 Å². The predicted octanol–water partition coefficient (Wildman–Crippen LogP) is 0.892. The van der Waals surface area contributed by atoms with Crippen LogP contribution in [0.2, 0.25) is 0 Å². The summed E-state index contributed by atoms with van der Waals surface area (Å²) < 4.78 is 11.7. The van der Waals surface area contributed by atoms with Gasteiger partial charge in [-0.15, -0.1) is 9.97 Å². The molecule has 12 nitrogen and oxygen atoms in total. The summed E-state index contributed by atoms with van der Waals surface area (Å²) >= 11 is 1.11. The summed E-state index contributed by atoms with van der Waals surface area (Å²) in [5.41, 5.74) is 0. The number of aromatic nitrogens is 4. The van der Waals surface area contributed by atoms with Crippen LogP contribution < -0.4 is 29.9 Å². The lowest BCUT2D eigenvalue weighted by Crippen LogP contribution is -2.57. The zero-order chi connectivity index (χ0) is 23.3. The van der Waals surface area contributed by atoms with E-state index in [4.69, 9.17) is 9.47 Å². The molecule has 13 heteroatoms. The Morgan fingerprint density at radius 2 is 1.47 bits per heavy atom. The maximum atomic E-state index is 11.5. The Labute approximate surface area is 190 Å². The molecule has 2 aromatic heterocycles. The molecule has 1 saturated heterocycles. The van der Waals surface area contributed by atoms with Crippen molar-refractivity contribution in [1.29, 1.82) is 0 Å². The van der Waals surface area contributed by atoms with Gasteiger partial charge in [-0.05, 0) is 11.8 Å². The zero-order valence-electron chi connectivity index (χ0n) is 18.7. The maximum Gasteiger partial charge on any atom is 0.335 e. The minimum absolute atomic E-state index is 0.244. The van der Waals surface area contributed by atoms with Gasteiger partial charge in [0.05, 0.1) is 34.4 Å². The molecule has 0 atom stereocenters. The fourth-order valence-corrected chi connectivity index (χ4v) is 4.05. The largest absolute Gasteiger partial charge is 0.480 e. The Bertz CT molecular complexity index is 954. The molecule has 2 amide bonds. The first-order valence-corrected chi connectivity index (χ1v) is 10.7. The molecule has 3 N–H and O–H groups in total. The summed E-state index contributed by atoms with van der Waals surface area (Å²) in [5, 5.41) is 8.78. The highest BCUT2D eigenvalue weighted by molar-refractivity contribution is 7.99. The Balaban J connectivity index is 2.02. The number of hydrogen-bond donors (Lipinski definition) is 3. The standard InChI is InChI=1S/C19H26N8O4S/c1-11(28)21-13-10-14(22-12(2)29)24-19(23-13)32-15-16(30-4)25-18(26-17(15)31-5)27(3)8-6-20-7-9-27/h10,20H,6-9H2,1-5H3,(H-,21,22,23,24,28,29)/p+1. The van der Waals surface area contributed by atoms with Gasteiger partial charge in [-0.25, -0.2) is 9.97 Å². The van der Waals surface area contributed by atoms with E-state index in [1.165, 1.54) is 34.1 Å². The van der Waals surface area contributed by atoms with Crippen molar-refractivity contribution in [3.05, 3.63) is 6.07 Å². The highest BCUT2D eigenvalue weighted by Gasteiger charge is 2.33.